The lowest BCUT2D eigenvalue weighted by Crippen LogP contribution is -2.49. The van der Waals surface area contributed by atoms with Crippen molar-refractivity contribution in [1.29, 1.82) is 0 Å². The van der Waals surface area contributed by atoms with Crippen LogP contribution in [0.5, 0.6) is 0 Å². The van der Waals surface area contributed by atoms with Gasteiger partial charge in [-0.05, 0) is 42.8 Å². The Hall–Kier alpha value is -3.52. The quantitative estimate of drug-likeness (QED) is 0.388. The zero-order valence-corrected chi connectivity index (χ0v) is 20.4. The third kappa shape index (κ3) is 4.46. The molecule has 1 amide bonds. The van der Waals surface area contributed by atoms with Crippen molar-refractivity contribution in [3.8, 4) is 5.69 Å². The van der Waals surface area contributed by atoms with Crippen molar-refractivity contribution in [3.63, 3.8) is 0 Å². The molecule has 0 spiro atoms. The van der Waals surface area contributed by atoms with Crippen molar-refractivity contribution >= 4 is 34.4 Å². The molecule has 0 saturated carbocycles. The van der Waals surface area contributed by atoms with Crippen LogP contribution in [-0.4, -0.2) is 56.7 Å². The molecule has 180 valence electrons. The van der Waals surface area contributed by atoms with Crippen LogP contribution in [0.15, 0.2) is 54.7 Å². The number of carbonyl (C=O) groups excluding carboxylic acids is 1. The maximum absolute atomic E-state index is 13.2. The van der Waals surface area contributed by atoms with Crippen LogP contribution in [0.4, 0.5) is 10.2 Å². The first-order valence-corrected chi connectivity index (χ1v) is 12.1. The number of halogens is 2. The Bertz CT molecular complexity index is 1360. The molecule has 7 nitrogen and oxygen atoms in total. The summed E-state index contributed by atoms with van der Waals surface area (Å²) in [4.78, 5) is 26.7. The first-order valence-electron chi connectivity index (χ1n) is 11.8. The van der Waals surface area contributed by atoms with Crippen LogP contribution in [0, 0.1) is 5.82 Å². The Kier molecular flexibility index (Phi) is 6.38. The largest absolute Gasteiger partial charge is 0.352 e. The monoisotopic (exact) mass is 492 g/mol. The molecule has 1 unspecified atom stereocenters. The van der Waals surface area contributed by atoms with E-state index in [4.69, 9.17) is 21.6 Å². The smallest absolute Gasteiger partial charge is 0.253 e. The zero-order chi connectivity index (χ0) is 24.5. The lowest BCUT2D eigenvalue weighted by Gasteiger charge is -2.36. The number of amides is 1. The van der Waals surface area contributed by atoms with E-state index in [0.29, 0.717) is 42.4 Å². The van der Waals surface area contributed by atoms with Gasteiger partial charge in [0.15, 0.2) is 5.65 Å². The Labute approximate surface area is 208 Å². The van der Waals surface area contributed by atoms with E-state index >= 15 is 0 Å². The fourth-order valence-electron chi connectivity index (χ4n) is 4.25. The molecular formula is C26H26ClFN6O. The maximum atomic E-state index is 13.2. The highest BCUT2D eigenvalue weighted by Gasteiger charge is 2.26. The van der Waals surface area contributed by atoms with Crippen LogP contribution >= 0.6 is 11.6 Å². The molecule has 3 heterocycles. The number of fused-ring (bicyclic) bond motifs is 1. The SMILES string of the molecule is CCC(C)c1nc(N2CCN(C(=O)c3ccc(F)cc3)CC2)c2cnn(-c3ccccc3Cl)c2n1. The number of anilines is 1. The van der Waals surface area contributed by atoms with E-state index in [1.54, 1.807) is 15.8 Å². The number of benzene rings is 2. The maximum Gasteiger partial charge on any atom is 0.253 e. The standard InChI is InChI=1S/C26H26ClFN6O/c1-3-17(2)23-30-24(20-16-29-34(25(20)31-23)22-7-5-4-6-21(22)27)32-12-14-33(15-13-32)26(35)18-8-10-19(28)11-9-18/h4-11,16-17H,3,12-15H2,1-2H3. The molecule has 1 saturated heterocycles. The first kappa shape index (κ1) is 23.2. The van der Waals surface area contributed by atoms with Crippen LogP contribution in [-0.2, 0) is 0 Å². The highest BCUT2D eigenvalue weighted by Crippen LogP contribution is 2.31. The third-order valence-corrected chi connectivity index (χ3v) is 6.84. The molecule has 4 aromatic rings. The second-order valence-electron chi connectivity index (χ2n) is 8.75. The molecule has 0 N–H and O–H groups in total. The predicted molar refractivity (Wildman–Crippen MR) is 135 cm³/mol. The number of para-hydroxylation sites is 1. The molecule has 2 aromatic carbocycles. The van der Waals surface area contributed by atoms with E-state index in [2.05, 4.69) is 23.8 Å². The molecule has 1 aliphatic rings. The van der Waals surface area contributed by atoms with Gasteiger partial charge in [0.25, 0.3) is 5.91 Å². The van der Waals surface area contributed by atoms with Crippen LogP contribution in [0.3, 0.4) is 0 Å². The van der Waals surface area contributed by atoms with Gasteiger partial charge in [-0.2, -0.15) is 5.10 Å². The predicted octanol–water partition coefficient (Wildman–Crippen LogP) is 5.08. The van der Waals surface area contributed by atoms with Gasteiger partial charge in [0.1, 0.15) is 17.5 Å². The van der Waals surface area contributed by atoms with Crippen LogP contribution in [0.25, 0.3) is 16.7 Å². The van der Waals surface area contributed by atoms with Crippen molar-refractivity contribution in [2.24, 2.45) is 0 Å². The van der Waals surface area contributed by atoms with Gasteiger partial charge in [-0.15, -0.1) is 0 Å². The highest BCUT2D eigenvalue weighted by atomic mass is 35.5. The summed E-state index contributed by atoms with van der Waals surface area (Å²) in [7, 11) is 0. The van der Waals surface area contributed by atoms with Crippen molar-refractivity contribution in [2.75, 3.05) is 31.1 Å². The van der Waals surface area contributed by atoms with Gasteiger partial charge in [0, 0.05) is 37.7 Å². The summed E-state index contributed by atoms with van der Waals surface area (Å²) in [5.41, 5.74) is 1.96. The summed E-state index contributed by atoms with van der Waals surface area (Å²) in [5, 5.41) is 6.04. The third-order valence-electron chi connectivity index (χ3n) is 6.52. The summed E-state index contributed by atoms with van der Waals surface area (Å²) in [5.74, 6) is 1.30. The average molecular weight is 493 g/mol. The van der Waals surface area contributed by atoms with Crippen molar-refractivity contribution in [2.45, 2.75) is 26.2 Å². The van der Waals surface area contributed by atoms with Gasteiger partial charge in [-0.25, -0.2) is 19.0 Å². The Morgan fingerprint density at radius 1 is 1.06 bits per heavy atom. The molecule has 2 aromatic heterocycles. The minimum Gasteiger partial charge on any atom is -0.352 e. The Morgan fingerprint density at radius 3 is 2.46 bits per heavy atom. The number of nitrogens with zero attached hydrogens (tertiary/aromatic N) is 6. The Morgan fingerprint density at radius 2 is 1.77 bits per heavy atom. The van der Waals surface area contributed by atoms with Gasteiger partial charge in [0.2, 0.25) is 0 Å². The van der Waals surface area contributed by atoms with Crippen LogP contribution in [0.2, 0.25) is 5.02 Å². The van der Waals surface area contributed by atoms with E-state index in [1.165, 1.54) is 24.3 Å². The molecule has 0 radical (unpaired) electrons. The number of hydrogen-bond acceptors (Lipinski definition) is 5. The lowest BCUT2D eigenvalue weighted by atomic mass is 10.1. The Balaban J connectivity index is 1.47. The van der Waals surface area contributed by atoms with Gasteiger partial charge in [0.05, 0.1) is 22.3 Å². The van der Waals surface area contributed by atoms with Crippen LogP contribution in [0.1, 0.15) is 42.4 Å². The molecule has 35 heavy (non-hydrogen) atoms. The summed E-state index contributed by atoms with van der Waals surface area (Å²) in [6.07, 6.45) is 2.69. The summed E-state index contributed by atoms with van der Waals surface area (Å²) < 4.78 is 15.0. The second kappa shape index (κ2) is 9.62. The van der Waals surface area contributed by atoms with Gasteiger partial charge >= 0.3 is 0 Å². The number of rotatable bonds is 5. The lowest BCUT2D eigenvalue weighted by molar-refractivity contribution is 0.0746. The average Bonchev–Trinajstić information content (AvgIpc) is 3.32. The van der Waals surface area contributed by atoms with Crippen molar-refractivity contribution < 1.29 is 9.18 Å². The first-order chi connectivity index (χ1) is 17.0. The van der Waals surface area contributed by atoms with E-state index < -0.39 is 0 Å². The number of hydrogen-bond donors (Lipinski definition) is 0. The fraction of sp³-hybridized carbons (Fsp3) is 0.308. The van der Waals surface area contributed by atoms with E-state index in [0.717, 1.165) is 29.1 Å². The van der Waals surface area contributed by atoms with E-state index in [-0.39, 0.29) is 17.6 Å². The van der Waals surface area contributed by atoms with Gasteiger partial charge < -0.3 is 9.80 Å². The van der Waals surface area contributed by atoms with E-state index in [9.17, 15) is 9.18 Å². The van der Waals surface area contributed by atoms with Gasteiger partial charge in [-0.3, -0.25) is 4.79 Å². The molecular weight excluding hydrogens is 467 g/mol. The number of piperazine rings is 1. The minimum atomic E-state index is -0.353. The molecule has 1 atom stereocenters. The van der Waals surface area contributed by atoms with Crippen LogP contribution < -0.4 is 4.90 Å². The highest BCUT2D eigenvalue weighted by molar-refractivity contribution is 6.32. The zero-order valence-electron chi connectivity index (χ0n) is 19.7. The normalized spacial score (nSPS) is 15.0. The molecule has 1 aliphatic heterocycles. The van der Waals surface area contributed by atoms with Crippen molar-refractivity contribution in [1.82, 2.24) is 24.6 Å². The summed E-state index contributed by atoms with van der Waals surface area (Å²) >= 11 is 6.47. The molecule has 0 aliphatic carbocycles. The molecule has 9 heteroatoms. The van der Waals surface area contributed by atoms with Crippen molar-refractivity contribution in [3.05, 3.63) is 77.0 Å². The summed E-state index contributed by atoms with van der Waals surface area (Å²) in [6.45, 7) is 6.55. The topological polar surface area (TPSA) is 67.2 Å². The second-order valence-corrected chi connectivity index (χ2v) is 9.15. The van der Waals surface area contributed by atoms with Gasteiger partial charge in [-0.1, -0.05) is 37.6 Å². The molecule has 5 rings (SSSR count). The number of carbonyl (C=O) groups is 1. The minimum absolute atomic E-state index is 0.0932. The fourth-order valence-corrected chi connectivity index (χ4v) is 4.47. The molecule has 1 fully saturated rings. The molecule has 0 bridgehead atoms. The summed E-state index contributed by atoms with van der Waals surface area (Å²) in [6, 6.07) is 13.2. The number of aromatic nitrogens is 4. The van der Waals surface area contributed by atoms with E-state index in [1.807, 2.05) is 24.3 Å².